The number of urea groups is 1. The lowest BCUT2D eigenvalue weighted by Gasteiger charge is -2.24. The summed E-state index contributed by atoms with van der Waals surface area (Å²) in [7, 11) is 1.68. The zero-order chi connectivity index (χ0) is 20.5. The maximum Gasteiger partial charge on any atom is 0.319 e. The Kier molecular flexibility index (Phi) is 4.86. The van der Waals surface area contributed by atoms with E-state index in [9.17, 15) is 4.79 Å². The van der Waals surface area contributed by atoms with Gasteiger partial charge in [0, 0.05) is 34.8 Å². The fourth-order valence-electron chi connectivity index (χ4n) is 4.28. The Morgan fingerprint density at radius 2 is 1.97 bits per heavy atom. The monoisotopic (exact) mass is 407 g/mol. The first-order chi connectivity index (χ1) is 14.7. The van der Waals surface area contributed by atoms with Crippen molar-refractivity contribution in [2.45, 2.75) is 31.7 Å². The van der Waals surface area contributed by atoms with Crippen LogP contribution in [0.25, 0.3) is 10.9 Å². The fraction of sp³-hybridized carbons (Fsp3) is 0.348. The van der Waals surface area contributed by atoms with Gasteiger partial charge in [0.2, 0.25) is 0 Å². The molecule has 2 aromatic carbocycles. The third-order valence-corrected chi connectivity index (χ3v) is 5.73. The van der Waals surface area contributed by atoms with Crippen LogP contribution in [0.1, 0.15) is 36.6 Å². The molecule has 1 aliphatic heterocycles. The van der Waals surface area contributed by atoms with E-state index >= 15 is 0 Å². The molecule has 0 unspecified atom stereocenters. The summed E-state index contributed by atoms with van der Waals surface area (Å²) in [5.41, 5.74) is 4.08. The van der Waals surface area contributed by atoms with Gasteiger partial charge in [-0.05, 0) is 55.2 Å². The summed E-state index contributed by atoms with van der Waals surface area (Å²) < 4.78 is 16.7. The number of benzene rings is 2. The molecule has 2 heterocycles. The molecule has 7 heteroatoms. The number of aromatic amines is 1. The number of carbonyl (C=O) groups is 1. The number of nitrogens with one attached hydrogen (secondary N) is 3. The van der Waals surface area contributed by atoms with Crippen molar-refractivity contribution < 1.29 is 19.0 Å². The van der Waals surface area contributed by atoms with E-state index in [1.54, 1.807) is 7.11 Å². The molecule has 156 valence electrons. The lowest BCUT2D eigenvalue weighted by atomic mass is 9.92. The summed E-state index contributed by atoms with van der Waals surface area (Å²) in [5.74, 6) is 2.21. The van der Waals surface area contributed by atoms with E-state index in [2.05, 4.69) is 21.7 Å². The largest absolute Gasteiger partial charge is 0.497 e. The molecule has 0 fully saturated rings. The molecule has 7 nitrogen and oxygen atoms in total. The Morgan fingerprint density at radius 3 is 2.83 bits per heavy atom. The summed E-state index contributed by atoms with van der Waals surface area (Å²) in [6, 6.07) is 11.2. The van der Waals surface area contributed by atoms with Gasteiger partial charge in [-0.1, -0.05) is 0 Å². The Labute approximate surface area is 174 Å². The maximum atomic E-state index is 12.7. The Bertz CT molecular complexity index is 1090. The first-order valence-corrected chi connectivity index (χ1v) is 10.4. The molecule has 3 N–H and O–H groups in total. The highest BCUT2D eigenvalue weighted by atomic mass is 16.5. The minimum atomic E-state index is -0.237. The Hall–Kier alpha value is -3.35. The molecular weight excluding hydrogens is 382 g/mol. The van der Waals surface area contributed by atoms with Crippen LogP contribution in [0.5, 0.6) is 17.2 Å². The first-order valence-electron chi connectivity index (χ1n) is 10.4. The summed E-state index contributed by atoms with van der Waals surface area (Å²) in [6.07, 6.45) is 3.75. The van der Waals surface area contributed by atoms with Gasteiger partial charge >= 0.3 is 6.03 Å². The van der Waals surface area contributed by atoms with Crippen LogP contribution in [0.2, 0.25) is 0 Å². The molecule has 2 amide bonds. The third-order valence-electron chi connectivity index (χ3n) is 5.73. The van der Waals surface area contributed by atoms with Gasteiger partial charge in [-0.2, -0.15) is 0 Å². The SMILES string of the molecule is COc1ccc2[nH]c3c(c2c1)CCC[C@H]3NC(=O)Nc1ccc2c(c1)OCCCO2. The number of methoxy groups -OCH3 is 1. The number of amides is 2. The van der Waals surface area contributed by atoms with Gasteiger partial charge in [-0.3, -0.25) is 0 Å². The molecule has 2 aliphatic rings. The highest BCUT2D eigenvalue weighted by Gasteiger charge is 2.26. The first kappa shape index (κ1) is 18.7. The number of anilines is 1. The van der Waals surface area contributed by atoms with Crippen LogP contribution in [0.4, 0.5) is 10.5 Å². The van der Waals surface area contributed by atoms with Crippen molar-refractivity contribution in [2.75, 3.05) is 25.6 Å². The van der Waals surface area contributed by atoms with Gasteiger partial charge in [0.1, 0.15) is 5.75 Å². The van der Waals surface area contributed by atoms with Crippen LogP contribution in [-0.2, 0) is 6.42 Å². The number of carbonyl (C=O) groups excluding carboxylic acids is 1. The number of H-pyrrole nitrogens is 1. The van der Waals surface area contributed by atoms with Crippen molar-refractivity contribution in [1.82, 2.24) is 10.3 Å². The number of ether oxygens (including phenoxy) is 3. The maximum absolute atomic E-state index is 12.7. The van der Waals surface area contributed by atoms with E-state index in [1.807, 2.05) is 30.3 Å². The van der Waals surface area contributed by atoms with Crippen molar-refractivity contribution >= 4 is 22.6 Å². The quantitative estimate of drug-likeness (QED) is 0.595. The molecule has 0 saturated heterocycles. The Balaban J connectivity index is 1.33. The van der Waals surface area contributed by atoms with E-state index in [0.29, 0.717) is 30.4 Å². The number of hydrogen-bond acceptors (Lipinski definition) is 4. The van der Waals surface area contributed by atoms with Crippen LogP contribution in [-0.4, -0.2) is 31.3 Å². The van der Waals surface area contributed by atoms with Crippen molar-refractivity contribution in [2.24, 2.45) is 0 Å². The average molecular weight is 407 g/mol. The number of hydrogen-bond donors (Lipinski definition) is 3. The smallest absolute Gasteiger partial charge is 0.319 e. The molecule has 1 aromatic heterocycles. The van der Waals surface area contributed by atoms with E-state index < -0.39 is 0 Å². The lowest BCUT2D eigenvalue weighted by Crippen LogP contribution is -2.34. The standard InChI is InChI=1S/C23H25N3O4/c1-28-15-7-8-18-17(13-15)16-4-2-5-19(22(16)25-18)26-23(27)24-14-6-9-20-21(12-14)30-11-3-10-29-20/h6-9,12-13,19,25H,2-5,10-11H2,1H3,(H2,24,26,27)/t19-/m1/s1. The average Bonchev–Trinajstić information content (AvgIpc) is 2.97. The van der Waals surface area contributed by atoms with Gasteiger partial charge in [-0.25, -0.2) is 4.79 Å². The molecule has 30 heavy (non-hydrogen) atoms. The minimum Gasteiger partial charge on any atom is -0.497 e. The van der Waals surface area contributed by atoms with Gasteiger partial charge in [0.15, 0.2) is 11.5 Å². The van der Waals surface area contributed by atoms with E-state index in [-0.39, 0.29) is 12.1 Å². The highest BCUT2D eigenvalue weighted by molar-refractivity contribution is 5.91. The van der Waals surface area contributed by atoms with E-state index in [0.717, 1.165) is 42.6 Å². The zero-order valence-electron chi connectivity index (χ0n) is 16.9. The molecule has 0 radical (unpaired) electrons. The third kappa shape index (κ3) is 3.51. The van der Waals surface area contributed by atoms with Crippen molar-refractivity contribution in [3.8, 4) is 17.2 Å². The molecule has 0 spiro atoms. The molecule has 3 aromatic rings. The van der Waals surface area contributed by atoms with E-state index in [1.165, 1.54) is 10.9 Å². The second-order valence-electron chi connectivity index (χ2n) is 7.68. The lowest BCUT2D eigenvalue weighted by molar-refractivity contribution is 0.247. The minimum absolute atomic E-state index is 0.0624. The second-order valence-corrected chi connectivity index (χ2v) is 7.68. The van der Waals surface area contributed by atoms with Crippen LogP contribution in [0.3, 0.4) is 0 Å². The van der Waals surface area contributed by atoms with Gasteiger partial charge in [-0.15, -0.1) is 0 Å². The molecule has 0 bridgehead atoms. The molecule has 0 saturated carbocycles. The highest BCUT2D eigenvalue weighted by Crippen LogP contribution is 2.36. The van der Waals surface area contributed by atoms with Gasteiger partial charge < -0.3 is 29.8 Å². The summed E-state index contributed by atoms with van der Waals surface area (Å²) in [4.78, 5) is 16.2. The summed E-state index contributed by atoms with van der Waals surface area (Å²) >= 11 is 0. The van der Waals surface area contributed by atoms with Crippen molar-refractivity contribution in [3.63, 3.8) is 0 Å². The van der Waals surface area contributed by atoms with Gasteiger partial charge in [0.25, 0.3) is 0 Å². The summed E-state index contributed by atoms with van der Waals surface area (Å²) in [6.45, 7) is 1.25. The molecule has 1 atom stereocenters. The molecule has 5 rings (SSSR count). The van der Waals surface area contributed by atoms with Crippen molar-refractivity contribution in [3.05, 3.63) is 47.7 Å². The molecular formula is C23H25N3O4. The van der Waals surface area contributed by atoms with Gasteiger partial charge in [0.05, 0.1) is 26.4 Å². The predicted octanol–water partition coefficient (Wildman–Crippen LogP) is 4.54. The van der Waals surface area contributed by atoms with Crippen LogP contribution in [0, 0.1) is 0 Å². The van der Waals surface area contributed by atoms with Crippen LogP contribution in [0.15, 0.2) is 36.4 Å². The Morgan fingerprint density at radius 1 is 1.10 bits per heavy atom. The zero-order valence-corrected chi connectivity index (χ0v) is 16.9. The topological polar surface area (TPSA) is 84.6 Å². The summed E-state index contributed by atoms with van der Waals surface area (Å²) in [5, 5.41) is 7.21. The number of rotatable bonds is 3. The van der Waals surface area contributed by atoms with Crippen LogP contribution < -0.4 is 24.8 Å². The number of aromatic nitrogens is 1. The van der Waals surface area contributed by atoms with Crippen molar-refractivity contribution in [1.29, 1.82) is 0 Å². The van der Waals surface area contributed by atoms with E-state index in [4.69, 9.17) is 14.2 Å². The predicted molar refractivity (Wildman–Crippen MR) is 115 cm³/mol. The fourth-order valence-corrected chi connectivity index (χ4v) is 4.28. The number of aryl methyl sites for hydroxylation is 1. The number of fused-ring (bicyclic) bond motifs is 4. The van der Waals surface area contributed by atoms with Crippen LogP contribution >= 0.6 is 0 Å². The normalized spacial score (nSPS) is 17.7. The second kappa shape index (κ2) is 7.82. The molecule has 1 aliphatic carbocycles.